The summed E-state index contributed by atoms with van der Waals surface area (Å²) >= 11 is 0. The number of fused-ring (bicyclic) bond motifs is 2. The Labute approximate surface area is 215 Å². The summed E-state index contributed by atoms with van der Waals surface area (Å²) < 4.78 is 0. The van der Waals surface area contributed by atoms with Gasteiger partial charge in [-0.05, 0) is 43.2 Å². The monoisotopic (exact) mass is 515 g/mol. The van der Waals surface area contributed by atoms with Crippen molar-refractivity contribution in [2.24, 2.45) is 5.92 Å². The van der Waals surface area contributed by atoms with E-state index in [9.17, 15) is 14.4 Å². The van der Waals surface area contributed by atoms with E-state index < -0.39 is 0 Å². The number of hydrogen-bond acceptors (Lipinski definition) is 5. The topological polar surface area (TPSA) is 94.6 Å². The van der Waals surface area contributed by atoms with E-state index in [1.165, 1.54) is 0 Å². The van der Waals surface area contributed by atoms with Gasteiger partial charge in [0.25, 0.3) is 0 Å². The normalized spacial score (nSPS) is 21.7. The highest BCUT2D eigenvalue weighted by Crippen LogP contribution is 2.18. The predicted octanol–water partition coefficient (Wildman–Crippen LogP) is 2.20. The molecule has 2 fully saturated rings. The van der Waals surface area contributed by atoms with Gasteiger partial charge >= 0.3 is 0 Å². The summed E-state index contributed by atoms with van der Waals surface area (Å²) in [6.45, 7) is 7.20. The van der Waals surface area contributed by atoms with Crippen molar-refractivity contribution in [3.63, 3.8) is 0 Å². The first-order valence-corrected chi connectivity index (χ1v) is 11.9. The van der Waals surface area contributed by atoms with Gasteiger partial charge in [0.15, 0.2) is 0 Å². The molecule has 3 amide bonds. The third kappa shape index (κ3) is 9.04. The number of rotatable bonds is 4. The summed E-state index contributed by atoms with van der Waals surface area (Å²) in [4.78, 5) is 46.4. The zero-order chi connectivity index (χ0) is 22.9. The Morgan fingerprint density at radius 1 is 1.12 bits per heavy atom. The molecule has 1 aromatic heterocycles. The molecule has 0 aromatic carbocycles. The zero-order valence-electron chi connectivity index (χ0n) is 20.2. The molecule has 2 saturated heterocycles. The second-order valence-electron chi connectivity index (χ2n) is 9.31. The first-order chi connectivity index (χ1) is 15.4. The number of halogens is 2. The molecule has 1 aromatic rings. The summed E-state index contributed by atoms with van der Waals surface area (Å²) in [5.41, 5.74) is 0.904. The predicted molar refractivity (Wildman–Crippen MR) is 137 cm³/mol. The van der Waals surface area contributed by atoms with Crippen molar-refractivity contribution in [2.45, 2.75) is 64.5 Å². The van der Waals surface area contributed by atoms with E-state index in [1.807, 2.05) is 35.8 Å². The number of nitrogens with one attached hydrogen (secondary N) is 2. The largest absolute Gasteiger partial charge is 0.355 e. The van der Waals surface area contributed by atoms with Gasteiger partial charge in [0.05, 0.1) is 12.5 Å². The van der Waals surface area contributed by atoms with Crippen molar-refractivity contribution >= 4 is 42.5 Å². The Bertz CT molecular complexity index is 781. The molecular formula is C24H39Cl2N5O3. The number of carbonyl (C=O) groups excluding carboxylic acids is 3. The van der Waals surface area contributed by atoms with Crippen LogP contribution in [0.4, 0.5) is 0 Å². The molecule has 0 saturated carbocycles. The van der Waals surface area contributed by atoms with Crippen molar-refractivity contribution in [2.75, 3.05) is 32.7 Å². The summed E-state index contributed by atoms with van der Waals surface area (Å²) in [5.74, 6) is 0.497. The fraction of sp³-hybridized carbons (Fsp3) is 0.667. The molecule has 2 aliphatic rings. The lowest BCUT2D eigenvalue weighted by molar-refractivity contribution is -0.134. The zero-order valence-corrected chi connectivity index (χ0v) is 21.8. The van der Waals surface area contributed by atoms with Crippen LogP contribution in [0, 0.1) is 5.92 Å². The van der Waals surface area contributed by atoms with Gasteiger partial charge in [0.2, 0.25) is 17.7 Å². The summed E-state index contributed by atoms with van der Waals surface area (Å²) in [7, 11) is 0. The van der Waals surface area contributed by atoms with Crippen LogP contribution in [0.1, 0.15) is 51.5 Å². The fourth-order valence-corrected chi connectivity index (χ4v) is 4.48. The van der Waals surface area contributed by atoms with Gasteiger partial charge in [-0.3, -0.25) is 19.4 Å². The van der Waals surface area contributed by atoms with E-state index in [0.29, 0.717) is 52.0 Å². The van der Waals surface area contributed by atoms with Crippen molar-refractivity contribution in [3.8, 4) is 0 Å². The van der Waals surface area contributed by atoms with Crippen LogP contribution in [-0.4, -0.2) is 77.3 Å². The second kappa shape index (κ2) is 15.2. The van der Waals surface area contributed by atoms with Crippen LogP contribution in [0.3, 0.4) is 0 Å². The quantitative estimate of drug-likeness (QED) is 0.640. The average Bonchev–Trinajstić information content (AvgIpc) is 3.24. The maximum atomic E-state index is 13.0. The molecule has 0 spiro atoms. The molecule has 10 heteroatoms. The molecule has 0 radical (unpaired) electrons. The third-order valence-electron chi connectivity index (χ3n) is 6.18. The molecule has 0 unspecified atom stereocenters. The fourth-order valence-electron chi connectivity index (χ4n) is 4.48. The lowest BCUT2D eigenvalue weighted by Gasteiger charge is -2.31. The third-order valence-corrected chi connectivity index (χ3v) is 6.18. The number of aromatic nitrogens is 1. The molecule has 2 bridgehead atoms. The van der Waals surface area contributed by atoms with E-state index in [1.54, 1.807) is 12.4 Å². The molecule has 3 heterocycles. The van der Waals surface area contributed by atoms with Crippen LogP contribution in [0.5, 0.6) is 0 Å². The smallest absolute Gasteiger partial charge is 0.237 e. The van der Waals surface area contributed by atoms with Crippen LogP contribution >= 0.6 is 24.8 Å². The minimum Gasteiger partial charge on any atom is -0.355 e. The summed E-state index contributed by atoms with van der Waals surface area (Å²) in [6.07, 6.45) is 7.29. The number of amides is 3. The van der Waals surface area contributed by atoms with Crippen LogP contribution in [-0.2, 0) is 20.8 Å². The SMILES string of the molecule is CC(C)CC(=O)N1CCCN(C(=O)Cc2cccnc2)CCCCNC(=O)[C@@H]2C[C@H]1CN2.Cl.Cl. The number of hydrogen-bond donors (Lipinski definition) is 2. The number of nitrogens with zero attached hydrogens (tertiary/aromatic N) is 3. The van der Waals surface area contributed by atoms with E-state index in [4.69, 9.17) is 0 Å². The lowest BCUT2D eigenvalue weighted by atomic mass is 10.1. The van der Waals surface area contributed by atoms with Crippen molar-refractivity contribution in [1.82, 2.24) is 25.4 Å². The van der Waals surface area contributed by atoms with Gasteiger partial charge in [0.1, 0.15) is 0 Å². The number of carbonyl (C=O) groups is 3. The van der Waals surface area contributed by atoms with Gasteiger partial charge in [-0.25, -0.2) is 0 Å². The first-order valence-electron chi connectivity index (χ1n) is 11.9. The Morgan fingerprint density at radius 2 is 1.88 bits per heavy atom. The molecule has 3 rings (SSSR count). The molecule has 192 valence electrons. The Morgan fingerprint density at radius 3 is 2.59 bits per heavy atom. The molecule has 2 atom stereocenters. The molecule has 2 N–H and O–H groups in total. The van der Waals surface area contributed by atoms with Crippen LogP contribution < -0.4 is 10.6 Å². The maximum absolute atomic E-state index is 13.0. The highest BCUT2D eigenvalue weighted by atomic mass is 35.5. The van der Waals surface area contributed by atoms with Crippen LogP contribution in [0.25, 0.3) is 0 Å². The van der Waals surface area contributed by atoms with Gasteiger partial charge in [-0.1, -0.05) is 19.9 Å². The molecule has 34 heavy (non-hydrogen) atoms. The number of pyridine rings is 1. The average molecular weight is 517 g/mol. The lowest BCUT2D eigenvalue weighted by Crippen LogP contribution is -2.44. The Balaban J connectivity index is 0.00000289. The Hall–Kier alpha value is -1.90. The van der Waals surface area contributed by atoms with E-state index >= 15 is 0 Å². The molecule has 2 aliphatic heterocycles. The highest BCUT2D eigenvalue weighted by Gasteiger charge is 2.35. The molecule has 0 aliphatic carbocycles. The van der Waals surface area contributed by atoms with Crippen LogP contribution in [0.15, 0.2) is 24.5 Å². The van der Waals surface area contributed by atoms with Gasteiger partial charge in [-0.15, -0.1) is 24.8 Å². The summed E-state index contributed by atoms with van der Waals surface area (Å²) in [6, 6.07) is 3.53. The van der Waals surface area contributed by atoms with Gasteiger partial charge in [-0.2, -0.15) is 0 Å². The van der Waals surface area contributed by atoms with E-state index in [2.05, 4.69) is 15.6 Å². The maximum Gasteiger partial charge on any atom is 0.237 e. The van der Waals surface area contributed by atoms with Crippen molar-refractivity contribution in [1.29, 1.82) is 0 Å². The Kier molecular flexibility index (Phi) is 13.4. The van der Waals surface area contributed by atoms with Crippen molar-refractivity contribution in [3.05, 3.63) is 30.1 Å². The minimum absolute atomic E-state index is 0. The van der Waals surface area contributed by atoms with Gasteiger partial charge in [0, 0.05) is 57.6 Å². The van der Waals surface area contributed by atoms with Crippen molar-refractivity contribution < 1.29 is 14.4 Å². The van der Waals surface area contributed by atoms with E-state index in [-0.39, 0.29) is 60.5 Å². The summed E-state index contributed by atoms with van der Waals surface area (Å²) in [5, 5.41) is 6.30. The molecular weight excluding hydrogens is 477 g/mol. The van der Waals surface area contributed by atoms with Gasteiger partial charge < -0.3 is 20.4 Å². The highest BCUT2D eigenvalue weighted by molar-refractivity contribution is 5.85. The standard InChI is InChI=1S/C24H37N5O3.2ClH/c1-18(2)13-23(31)29-12-6-11-28(22(30)14-19-7-5-8-25-16-19)10-4-3-9-26-24(32)21-15-20(29)17-27-21;;/h5,7-8,16,18,20-21,27H,3-4,6,9-15,17H2,1-2H3,(H,26,32);2*1H/t20-,21-;;/m0../s1. The van der Waals surface area contributed by atoms with Crippen LogP contribution in [0.2, 0.25) is 0 Å². The molecule has 8 nitrogen and oxygen atoms in total. The second-order valence-corrected chi connectivity index (χ2v) is 9.31. The first kappa shape index (κ1) is 30.1. The minimum atomic E-state index is -0.241. The van der Waals surface area contributed by atoms with E-state index in [0.717, 1.165) is 24.8 Å².